The Kier molecular flexibility index (Phi) is 3.85. The van der Waals surface area contributed by atoms with Gasteiger partial charge in [0.1, 0.15) is 12.1 Å². The lowest BCUT2D eigenvalue weighted by Gasteiger charge is -2.20. The second kappa shape index (κ2) is 5.28. The fourth-order valence-corrected chi connectivity index (χ4v) is 3.67. The average molecular weight is 295 g/mol. The number of hydrogen-bond acceptors (Lipinski definition) is 4. The standard InChI is InChI=1S/C14H17NO4S/c1-4-12-13(5-2)19-14(16)15(12)20(17,18)11-8-6-10(3)7-9-11/h4,6-9,12-13H,1,5H2,2-3H3/t12-,13-/m0/s1. The van der Waals surface area contributed by atoms with Gasteiger partial charge < -0.3 is 4.74 Å². The number of carbonyl (C=O) groups is 1. The maximum Gasteiger partial charge on any atom is 0.424 e. The second-order valence-electron chi connectivity index (χ2n) is 4.67. The molecule has 0 unspecified atom stereocenters. The molecule has 0 aromatic heterocycles. The lowest BCUT2D eigenvalue weighted by molar-refractivity contribution is 0.132. The summed E-state index contributed by atoms with van der Waals surface area (Å²) >= 11 is 0. The maximum atomic E-state index is 12.6. The Morgan fingerprint density at radius 3 is 2.45 bits per heavy atom. The Bertz CT molecular complexity index is 621. The molecule has 0 N–H and O–H groups in total. The van der Waals surface area contributed by atoms with Crippen molar-refractivity contribution in [1.82, 2.24) is 4.31 Å². The summed E-state index contributed by atoms with van der Waals surface area (Å²) in [5, 5.41) is 0. The first-order valence-electron chi connectivity index (χ1n) is 6.36. The van der Waals surface area contributed by atoms with Gasteiger partial charge in [-0.05, 0) is 25.5 Å². The molecule has 108 valence electrons. The quantitative estimate of drug-likeness (QED) is 0.800. The number of cyclic esters (lactones) is 1. The van der Waals surface area contributed by atoms with Gasteiger partial charge in [-0.3, -0.25) is 0 Å². The molecule has 1 aromatic rings. The minimum atomic E-state index is -3.92. The molecule has 0 bridgehead atoms. The van der Waals surface area contributed by atoms with Gasteiger partial charge in [0.2, 0.25) is 0 Å². The zero-order valence-electron chi connectivity index (χ0n) is 11.4. The largest absolute Gasteiger partial charge is 0.443 e. The molecule has 0 spiro atoms. The third-order valence-corrected chi connectivity index (χ3v) is 5.08. The summed E-state index contributed by atoms with van der Waals surface area (Å²) < 4.78 is 31.0. The van der Waals surface area contributed by atoms with Crippen LogP contribution in [-0.4, -0.2) is 31.0 Å². The summed E-state index contributed by atoms with van der Waals surface area (Å²) in [6.45, 7) is 7.30. The van der Waals surface area contributed by atoms with Gasteiger partial charge in [0.05, 0.1) is 4.90 Å². The summed E-state index contributed by atoms with van der Waals surface area (Å²) in [6.07, 6.45) is 0.634. The van der Waals surface area contributed by atoms with E-state index in [0.29, 0.717) is 6.42 Å². The van der Waals surface area contributed by atoms with Crippen molar-refractivity contribution in [3.63, 3.8) is 0 Å². The van der Waals surface area contributed by atoms with E-state index in [2.05, 4.69) is 6.58 Å². The van der Waals surface area contributed by atoms with Gasteiger partial charge in [-0.1, -0.05) is 30.7 Å². The van der Waals surface area contributed by atoms with E-state index < -0.39 is 28.3 Å². The van der Waals surface area contributed by atoms with Crippen molar-refractivity contribution in [1.29, 1.82) is 0 Å². The molecule has 1 aliphatic heterocycles. The summed E-state index contributed by atoms with van der Waals surface area (Å²) in [7, 11) is -3.92. The predicted molar refractivity (Wildman–Crippen MR) is 74.7 cm³/mol. The minimum absolute atomic E-state index is 0.0728. The van der Waals surface area contributed by atoms with E-state index in [1.165, 1.54) is 18.2 Å². The third kappa shape index (κ3) is 2.31. The topological polar surface area (TPSA) is 63.7 Å². The number of sulfonamides is 1. The smallest absolute Gasteiger partial charge is 0.424 e. The molecule has 1 saturated heterocycles. The molecule has 20 heavy (non-hydrogen) atoms. The van der Waals surface area contributed by atoms with E-state index in [1.54, 1.807) is 12.1 Å². The first-order valence-corrected chi connectivity index (χ1v) is 7.80. The number of amides is 1. The monoisotopic (exact) mass is 295 g/mol. The number of hydrogen-bond donors (Lipinski definition) is 0. The maximum absolute atomic E-state index is 12.6. The Hall–Kier alpha value is -1.82. The number of rotatable bonds is 4. The average Bonchev–Trinajstić information content (AvgIpc) is 2.75. The highest BCUT2D eigenvalue weighted by Crippen LogP contribution is 2.29. The van der Waals surface area contributed by atoms with Crippen molar-refractivity contribution in [2.45, 2.75) is 37.3 Å². The van der Waals surface area contributed by atoms with E-state index in [0.717, 1.165) is 9.87 Å². The molecule has 2 atom stereocenters. The van der Waals surface area contributed by atoms with Crippen LogP contribution in [0.5, 0.6) is 0 Å². The van der Waals surface area contributed by atoms with Crippen LogP contribution in [-0.2, 0) is 14.8 Å². The lowest BCUT2D eigenvalue weighted by Crippen LogP contribution is -2.39. The van der Waals surface area contributed by atoms with Crippen LogP contribution in [0.3, 0.4) is 0 Å². The molecule has 0 radical (unpaired) electrons. The highest BCUT2D eigenvalue weighted by molar-refractivity contribution is 7.89. The van der Waals surface area contributed by atoms with Crippen LogP contribution in [0.1, 0.15) is 18.9 Å². The molecule has 6 heteroatoms. The Morgan fingerprint density at radius 2 is 1.95 bits per heavy atom. The van der Waals surface area contributed by atoms with Crippen LogP contribution in [0.2, 0.25) is 0 Å². The second-order valence-corrected chi connectivity index (χ2v) is 6.49. The fourth-order valence-electron chi connectivity index (χ4n) is 2.18. The van der Waals surface area contributed by atoms with Gasteiger partial charge in [-0.15, -0.1) is 6.58 Å². The number of aryl methyl sites for hydroxylation is 1. The number of nitrogens with zero attached hydrogens (tertiary/aromatic N) is 1. The zero-order chi connectivity index (χ0) is 14.9. The van der Waals surface area contributed by atoms with Crippen LogP contribution in [0.15, 0.2) is 41.8 Å². The highest BCUT2D eigenvalue weighted by Gasteiger charge is 2.46. The first-order chi connectivity index (χ1) is 9.41. The molecule has 0 saturated carbocycles. The lowest BCUT2D eigenvalue weighted by atomic mass is 10.1. The molecule has 1 aliphatic rings. The van der Waals surface area contributed by atoms with Gasteiger partial charge in [-0.25, -0.2) is 13.2 Å². The number of carbonyl (C=O) groups excluding carboxylic acids is 1. The molecule has 0 aliphatic carbocycles. The van der Waals surface area contributed by atoms with Crippen molar-refractivity contribution in [2.24, 2.45) is 0 Å². The molecule has 1 amide bonds. The van der Waals surface area contributed by atoms with E-state index in [9.17, 15) is 13.2 Å². The summed E-state index contributed by atoms with van der Waals surface area (Å²) in [5.41, 5.74) is 0.944. The van der Waals surface area contributed by atoms with Crippen molar-refractivity contribution < 1.29 is 17.9 Å². The van der Waals surface area contributed by atoms with Crippen LogP contribution >= 0.6 is 0 Å². The molecule has 5 nitrogen and oxygen atoms in total. The van der Waals surface area contributed by atoms with Gasteiger partial charge in [-0.2, -0.15) is 4.31 Å². The Labute approximate surface area is 118 Å². The van der Waals surface area contributed by atoms with Crippen molar-refractivity contribution in [3.05, 3.63) is 42.5 Å². The van der Waals surface area contributed by atoms with Crippen LogP contribution < -0.4 is 0 Å². The van der Waals surface area contributed by atoms with E-state index in [1.807, 2.05) is 13.8 Å². The molecular weight excluding hydrogens is 278 g/mol. The summed E-state index contributed by atoms with van der Waals surface area (Å²) in [5.74, 6) is 0. The minimum Gasteiger partial charge on any atom is -0.443 e. The molecule has 2 rings (SSSR count). The third-order valence-electron chi connectivity index (χ3n) is 3.31. The molecule has 1 heterocycles. The van der Waals surface area contributed by atoms with Crippen LogP contribution in [0, 0.1) is 6.92 Å². The zero-order valence-corrected chi connectivity index (χ0v) is 12.3. The van der Waals surface area contributed by atoms with Crippen LogP contribution in [0.4, 0.5) is 4.79 Å². The fraction of sp³-hybridized carbons (Fsp3) is 0.357. The van der Waals surface area contributed by atoms with Crippen LogP contribution in [0.25, 0.3) is 0 Å². The van der Waals surface area contributed by atoms with E-state index in [-0.39, 0.29) is 4.90 Å². The normalized spacial score (nSPS) is 22.7. The summed E-state index contributed by atoms with van der Waals surface area (Å²) in [4.78, 5) is 11.9. The van der Waals surface area contributed by atoms with E-state index in [4.69, 9.17) is 4.74 Å². The van der Waals surface area contributed by atoms with Gasteiger partial charge in [0, 0.05) is 0 Å². The summed E-state index contributed by atoms with van der Waals surface area (Å²) in [6, 6.07) is 5.68. The molecule has 1 aromatic carbocycles. The SMILES string of the molecule is C=C[C@H]1[C@H](CC)OC(=O)N1S(=O)(=O)c1ccc(C)cc1. The highest BCUT2D eigenvalue weighted by atomic mass is 32.2. The number of benzene rings is 1. The predicted octanol–water partition coefficient (Wildman–Crippen LogP) is 2.47. The molecular formula is C14H17NO4S. The van der Waals surface area contributed by atoms with Gasteiger partial charge in [0.15, 0.2) is 0 Å². The molecule has 1 fully saturated rings. The van der Waals surface area contributed by atoms with Crippen molar-refractivity contribution >= 4 is 16.1 Å². The first kappa shape index (κ1) is 14.6. The van der Waals surface area contributed by atoms with Crippen molar-refractivity contribution in [3.8, 4) is 0 Å². The van der Waals surface area contributed by atoms with Gasteiger partial charge in [0.25, 0.3) is 10.0 Å². The van der Waals surface area contributed by atoms with Gasteiger partial charge >= 0.3 is 6.09 Å². The van der Waals surface area contributed by atoms with Crippen molar-refractivity contribution in [2.75, 3.05) is 0 Å². The Balaban J connectivity index is 2.45. The Morgan fingerprint density at radius 1 is 1.35 bits per heavy atom. The number of ether oxygens (including phenoxy) is 1. The van der Waals surface area contributed by atoms with E-state index >= 15 is 0 Å².